The Balaban J connectivity index is 1.85. The fourth-order valence-corrected chi connectivity index (χ4v) is 2.04. The highest BCUT2D eigenvalue weighted by Crippen LogP contribution is 2.22. The maximum Gasteiger partial charge on any atom is 0.247 e. The van der Waals surface area contributed by atoms with Crippen LogP contribution in [0, 0.1) is 5.82 Å². The Morgan fingerprint density at radius 3 is 3.05 bits per heavy atom. The van der Waals surface area contributed by atoms with Gasteiger partial charge >= 0.3 is 0 Å². The molecular weight excluding hydrogens is 279 g/mol. The predicted molar refractivity (Wildman–Crippen MR) is 70.1 cm³/mol. The highest BCUT2D eigenvalue weighted by atomic mass is 19.1. The van der Waals surface area contributed by atoms with Crippen molar-refractivity contribution in [2.45, 2.75) is 12.0 Å². The van der Waals surface area contributed by atoms with E-state index in [1.54, 1.807) is 0 Å². The smallest absolute Gasteiger partial charge is 0.247 e. The highest BCUT2D eigenvalue weighted by Gasteiger charge is 2.38. The molecule has 1 fully saturated rings. The molecule has 1 saturated heterocycles. The molecule has 110 valence electrons. The first-order valence-corrected chi connectivity index (χ1v) is 6.29. The third kappa shape index (κ3) is 2.60. The largest absolute Gasteiger partial charge is 0.379 e. The van der Waals surface area contributed by atoms with Gasteiger partial charge in [-0.15, -0.1) is 5.10 Å². The Kier molecular flexibility index (Phi) is 3.35. The number of ether oxygens (including phenoxy) is 1. The monoisotopic (exact) mass is 292 g/mol. The van der Waals surface area contributed by atoms with Crippen molar-refractivity contribution in [1.82, 2.24) is 20.2 Å². The average molecular weight is 292 g/mol. The summed E-state index contributed by atoms with van der Waals surface area (Å²) >= 11 is 0. The lowest BCUT2D eigenvalue weighted by Crippen LogP contribution is -2.51. The standard InChI is InChI=1S/C12H13FN6O2/c13-9-2-1-8(19-7-15-17-18-19)5-10(9)16-11(20)12(14)3-4-21-6-12/h1-2,5,7H,3-4,6,14H2,(H,16,20). The lowest BCUT2D eigenvalue weighted by atomic mass is 9.99. The number of hydrogen-bond acceptors (Lipinski definition) is 6. The number of hydrogen-bond donors (Lipinski definition) is 2. The van der Waals surface area contributed by atoms with Crippen molar-refractivity contribution in [2.75, 3.05) is 18.5 Å². The van der Waals surface area contributed by atoms with E-state index in [2.05, 4.69) is 20.8 Å². The summed E-state index contributed by atoms with van der Waals surface area (Å²) in [4.78, 5) is 12.2. The molecule has 8 nitrogen and oxygen atoms in total. The van der Waals surface area contributed by atoms with Crippen LogP contribution in [0.1, 0.15) is 6.42 Å². The fourth-order valence-electron chi connectivity index (χ4n) is 2.04. The first-order chi connectivity index (χ1) is 10.1. The number of carbonyl (C=O) groups excluding carboxylic acids is 1. The molecule has 0 bridgehead atoms. The highest BCUT2D eigenvalue weighted by molar-refractivity contribution is 5.98. The number of aromatic nitrogens is 4. The molecule has 1 aliphatic heterocycles. The number of rotatable bonds is 3. The van der Waals surface area contributed by atoms with Crippen LogP contribution in [0.2, 0.25) is 0 Å². The summed E-state index contributed by atoms with van der Waals surface area (Å²) in [5.41, 5.74) is 5.35. The molecular formula is C12H13FN6O2. The van der Waals surface area contributed by atoms with Crippen molar-refractivity contribution in [2.24, 2.45) is 5.73 Å². The van der Waals surface area contributed by atoms with Crippen molar-refractivity contribution < 1.29 is 13.9 Å². The summed E-state index contributed by atoms with van der Waals surface area (Å²) in [5, 5.41) is 13.2. The first kappa shape index (κ1) is 13.6. The van der Waals surface area contributed by atoms with Gasteiger partial charge in [-0.3, -0.25) is 4.79 Å². The Hall–Kier alpha value is -2.39. The number of tetrazole rings is 1. The van der Waals surface area contributed by atoms with Gasteiger partial charge in [-0.2, -0.15) is 0 Å². The lowest BCUT2D eigenvalue weighted by Gasteiger charge is -2.21. The van der Waals surface area contributed by atoms with E-state index >= 15 is 0 Å². The Labute approximate surface area is 119 Å². The minimum atomic E-state index is -1.13. The number of halogens is 1. The second-order valence-electron chi connectivity index (χ2n) is 4.83. The van der Waals surface area contributed by atoms with Gasteiger partial charge in [0.25, 0.3) is 0 Å². The number of carbonyl (C=O) groups is 1. The molecule has 0 radical (unpaired) electrons. The molecule has 21 heavy (non-hydrogen) atoms. The number of amides is 1. The molecule has 1 atom stereocenters. The number of nitrogens with two attached hydrogens (primary N) is 1. The molecule has 3 rings (SSSR count). The molecule has 0 saturated carbocycles. The van der Waals surface area contributed by atoms with Crippen LogP contribution >= 0.6 is 0 Å². The van der Waals surface area contributed by atoms with Crippen LogP contribution in [-0.4, -0.2) is 44.9 Å². The molecule has 3 N–H and O–H groups in total. The SMILES string of the molecule is NC1(C(=O)Nc2cc(-n3cnnn3)ccc2F)CCOC1. The molecule has 1 aliphatic rings. The number of nitrogens with zero attached hydrogens (tertiary/aromatic N) is 4. The van der Waals surface area contributed by atoms with Crippen LogP contribution in [0.15, 0.2) is 24.5 Å². The van der Waals surface area contributed by atoms with Crippen LogP contribution < -0.4 is 11.1 Å². The fraction of sp³-hybridized carbons (Fsp3) is 0.333. The molecule has 0 spiro atoms. The molecule has 2 aromatic rings. The summed E-state index contributed by atoms with van der Waals surface area (Å²) in [6, 6.07) is 4.15. The molecule has 0 aliphatic carbocycles. The zero-order valence-corrected chi connectivity index (χ0v) is 11.0. The zero-order chi connectivity index (χ0) is 14.9. The van der Waals surface area contributed by atoms with Crippen molar-refractivity contribution >= 4 is 11.6 Å². The van der Waals surface area contributed by atoms with Crippen LogP contribution in [0.5, 0.6) is 0 Å². The molecule has 9 heteroatoms. The van der Waals surface area contributed by atoms with Gasteiger partial charge in [-0.25, -0.2) is 9.07 Å². The topological polar surface area (TPSA) is 108 Å². The van der Waals surface area contributed by atoms with E-state index < -0.39 is 17.3 Å². The number of anilines is 1. The quantitative estimate of drug-likeness (QED) is 0.815. The van der Waals surface area contributed by atoms with Crippen molar-refractivity contribution in [3.63, 3.8) is 0 Å². The summed E-state index contributed by atoms with van der Waals surface area (Å²) < 4.78 is 20.3. The van der Waals surface area contributed by atoms with Gasteiger partial charge in [0.2, 0.25) is 5.91 Å². The minimum Gasteiger partial charge on any atom is -0.379 e. The summed E-state index contributed by atoms with van der Waals surface area (Å²) in [5.74, 6) is -1.05. The lowest BCUT2D eigenvalue weighted by molar-refractivity contribution is -0.121. The van der Waals surface area contributed by atoms with E-state index in [9.17, 15) is 9.18 Å². The third-order valence-corrected chi connectivity index (χ3v) is 3.32. The zero-order valence-electron chi connectivity index (χ0n) is 11.0. The van der Waals surface area contributed by atoms with E-state index in [1.807, 2.05) is 0 Å². The van der Waals surface area contributed by atoms with E-state index in [-0.39, 0.29) is 12.3 Å². The van der Waals surface area contributed by atoms with Gasteiger partial charge in [0.15, 0.2) is 0 Å². The maximum absolute atomic E-state index is 13.8. The van der Waals surface area contributed by atoms with Gasteiger partial charge in [-0.1, -0.05) is 0 Å². The molecule has 1 aromatic carbocycles. The Bertz CT molecular complexity index is 654. The van der Waals surface area contributed by atoms with Gasteiger partial charge in [0.05, 0.1) is 18.0 Å². The minimum absolute atomic E-state index is 0.0183. The number of benzene rings is 1. The normalized spacial score (nSPS) is 21.4. The molecule has 1 unspecified atom stereocenters. The molecule has 1 aromatic heterocycles. The average Bonchev–Trinajstić information content (AvgIpc) is 3.13. The van der Waals surface area contributed by atoms with Crippen molar-refractivity contribution in [1.29, 1.82) is 0 Å². The van der Waals surface area contributed by atoms with Gasteiger partial charge in [0.1, 0.15) is 17.7 Å². The van der Waals surface area contributed by atoms with Gasteiger partial charge in [0, 0.05) is 6.61 Å². The van der Waals surface area contributed by atoms with E-state index in [0.29, 0.717) is 18.7 Å². The van der Waals surface area contributed by atoms with Crippen molar-refractivity contribution in [3.8, 4) is 5.69 Å². The van der Waals surface area contributed by atoms with E-state index in [0.717, 1.165) is 0 Å². The van der Waals surface area contributed by atoms with Crippen LogP contribution in [0.25, 0.3) is 5.69 Å². The molecule has 1 amide bonds. The maximum atomic E-state index is 13.8. The van der Waals surface area contributed by atoms with E-state index in [4.69, 9.17) is 10.5 Å². The predicted octanol–water partition coefficient (Wildman–Crippen LogP) is -0.142. The summed E-state index contributed by atoms with van der Waals surface area (Å²) in [7, 11) is 0. The van der Waals surface area contributed by atoms with E-state index in [1.165, 1.54) is 29.2 Å². The second kappa shape index (κ2) is 5.19. The Morgan fingerprint density at radius 1 is 1.52 bits per heavy atom. The van der Waals surface area contributed by atoms with Crippen molar-refractivity contribution in [3.05, 3.63) is 30.3 Å². The Morgan fingerprint density at radius 2 is 2.38 bits per heavy atom. The second-order valence-corrected chi connectivity index (χ2v) is 4.83. The summed E-state index contributed by atoms with van der Waals surface area (Å²) in [6.07, 6.45) is 1.77. The van der Waals surface area contributed by atoms with Crippen LogP contribution in [0.4, 0.5) is 10.1 Å². The third-order valence-electron chi connectivity index (χ3n) is 3.32. The number of nitrogens with one attached hydrogen (secondary N) is 1. The molecule has 2 heterocycles. The first-order valence-electron chi connectivity index (χ1n) is 6.29. The van der Waals surface area contributed by atoms with Crippen LogP contribution in [0.3, 0.4) is 0 Å². The summed E-state index contributed by atoms with van der Waals surface area (Å²) in [6.45, 7) is 0.532. The van der Waals surface area contributed by atoms with Crippen LogP contribution in [-0.2, 0) is 9.53 Å². The van der Waals surface area contributed by atoms with Gasteiger partial charge < -0.3 is 15.8 Å². The van der Waals surface area contributed by atoms with Gasteiger partial charge in [-0.05, 0) is 35.0 Å².